The lowest BCUT2D eigenvalue weighted by Gasteiger charge is -2.48. The molecule has 19 nitrogen and oxygen atoms in total. The summed E-state index contributed by atoms with van der Waals surface area (Å²) in [4.78, 5) is 12.8. The quantitative estimate of drug-likeness (QED) is 0.0324. The Hall–Kier alpha value is -1.73. The Labute approximate surface area is 378 Å². The first-order valence-electron chi connectivity index (χ1n) is 23.6. The number of hydrogen-bond donors (Lipinski definition) is 12. The molecule has 3 heterocycles. The van der Waals surface area contributed by atoms with Crippen molar-refractivity contribution in [3.63, 3.8) is 0 Å². The van der Waals surface area contributed by atoms with E-state index in [1.807, 2.05) is 13.0 Å². The van der Waals surface area contributed by atoms with Crippen LogP contribution in [0, 0.1) is 0 Å². The highest BCUT2D eigenvalue weighted by Gasteiger charge is 2.53. The van der Waals surface area contributed by atoms with E-state index >= 15 is 0 Å². The van der Waals surface area contributed by atoms with Crippen LogP contribution in [0.15, 0.2) is 24.3 Å². The van der Waals surface area contributed by atoms with Gasteiger partial charge in [-0.15, -0.1) is 0 Å². The third-order valence-electron chi connectivity index (χ3n) is 12.0. The van der Waals surface area contributed by atoms with Crippen molar-refractivity contribution in [2.75, 3.05) is 26.4 Å². The van der Waals surface area contributed by atoms with Crippen LogP contribution >= 0.6 is 0 Å². The molecular weight excluding hydrogens is 842 g/mol. The van der Waals surface area contributed by atoms with Crippen molar-refractivity contribution < 1.29 is 89.4 Å². The number of carbonyl (C=O) groups excluding carboxylic acids is 1. The van der Waals surface area contributed by atoms with E-state index < -0.39 is 124 Å². The molecule has 0 aliphatic carbocycles. The third kappa shape index (κ3) is 18.1. The van der Waals surface area contributed by atoms with E-state index in [4.69, 9.17) is 28.4 Å². The van der Waals surface area contributed by atoms with E-state index in [2.05, 4.69) is 24.4 Å². The summed E-state index contributed by atoms with van der Waals surface area (Å²) in [5.74, 6) is -0.313. The number of unbranched alkanes of at least 4 members (excludes halogenated alkanes) is 13. The Morgan fingerprint density at radius 2 is 1.00 bits per heavy atom. The first-order chi connectivity index (χ1) is 30.8. The molecule has 19 heteroatoms. The van der Waals surface area contributed by atoms with Gasteiger partial charge in [0.25, 0.3) is 0 Å². The minimum atomic E-state index is -1.98. The highest BCUT2D eigenvalue weighted by molar-refractivity contribution is 5.76. The topological polar surface area (TPSA) is 307 Å². The zero-order valence-electron chi connectivity index (χ0n) is 37.8. The van der Waals surface area contributed by atoms with E-state index in [1.54, 1.807) is 6.08 Å². The van der Waals surface area contributed by atoms with Crippen molar-refractivity contribution in [2.45, 2.75) is 227 Å². The number of nitrogens with one attached hydrogen (secondary N) is 1. The largest absolute Gasteiger partial charge is 0.394 e. The molecule has 0 radical (unpaired) electrons. The molecule has 0 aromatic rings. The maximum Gasteiger partial charge on any atom is 0.220 e. The summed E-state index contributed by atoms with van der Waals surface area (Å²) in [6, 6.07) is -0.979. The van der Waals surface area contributed by atoms with Crippen LogP contribution in [0.1, 0.15) is 123 Å². The Kier molecular flexibility index (Phi) is 27.7. The van der Waals surface area contributed by atoms with Gasteiger partial charge in [-0.25, -0.2) is 0 Å². The number of rotatable bonds is 31. The fourth-order valence-electron chi connectivity index (χ4n) is 7.97. The molecule has 3 saturated heterocycles. The predicted octanol–water partition coefficient (Wildman–Crippen LogP) is 0.0809. The zero-order chi connectivity index (χ0) is 47.0. The van der Waals surface area contributed by atoms with Crippen LogP contribution in [-0.4, -0.2) is 193 Å². The average molecular weight is 924 g/mol. The maximum atomic E-state index is 12.8. The summed E-state index contributed by atoms with van der Waals surface area (Å²) in [5.41, 5.74) is 0. The highest BCUT2D eigenvalue weighted by atomic mass is 16.8. The van der Waals surface area contributed by atoms with Gasteiger partial charge in [0.05, 0.1) is 38.6 Å². The van der Waals surface area contributed by atoms with Crippen molar-refractivity contribution in [1.29, 1.82) is 0 Å². The minimum absolute atomic E-state index is 0.221. The normalized spacial score (nSPS) is 34.7. The SMILES string of the molecule is CCCCCCCCCCCC/C=C/CC/C=C/C(O)C(COC1OC(CO)C(OC2OC(CO)C(OC3OC(CO)C(O)C(O)C3O)C(O)C2O)C(O)C1O)NC(=O)CCCCC. The van der Waals surface area contributed by atoms with Gasteiger partial charge in [0, 0.05) is 6.42 Å². The molecule has 0 saturated carbocycles. The number of carbonyl (C=O) groups is 1. The number of ether oxygens (including phenoxy) is 6. The minimum Gasteiger partial charge on any atom is -0.394 e. The van der Waals surface area contributed by atoms with Crippen molar-refractivity contribution in [3.05, 3.63) is 24.3 Å². The summed E-state index contributed by atoms with van der Waals surface area (Å²) in [7, 11) is 0. The molecule has 0 aromatic carbocycles. The van der Waals surface area contributed by atoms with Crippen molar-refractivity contribution in [3.8, 4) is 0 Å². The van der Waals surface area contributed by atoms with Crippen molar-refractivity contribution in [2.24, 2.45) is 0 Å². The van der Waals surface area contributed by atoms with Crippen molar-refractivity contribution in [1.82, 2.24) is 5.32 Å². The lowest BCUT2D eigenvalue weighted by Crippen LogP contribution is -2.66. The predicted molar refractivity (Wildman–Crippen MR) is 231 cm³/mol. The van der Waals surface area contributed by atoms with Gasteiger partial charge in [0.2, 0.25) is 5.91 Å². The molecule has 17 unspecified atom stereocenters. The summed E-state index contributed by atoms with van der Waals surface area (Å²) in [6.45, 7) is 1.45. The molecule has 374 valence electrons. The van der Waals surface area contributed by atoms with Crippen molar-refractivity contribution >= 4 is 5.91 Å². The molecule has 64 heavy (non-hydrogen) atoms. The van der Waals surface area contributed by atoms with Crippen LogP contribution in [-0.2, 0) is 33.2 Å². The second-order valence-electron chi connectivity index (χ2n) is 17.2. The lowest BCUT2D eigenvalue weighted by atomic mass is 9.96. The second-order valence-corrected chi connectivity index (χ2v) is 17.2. The fourth-order valence-corrected chi connectivity index (χ4v) is 7.97. The number of aliphatic hydroxyl groups excluding tert-OH is 11. The molecule has 0 spiro atoms. The Morgan fingerprint density at radius 3 is 1.56 bits per heavy atom. The third-order valence-corrected chi connectivity index (χ3v) is 12.0. The Balaban J connectivity index is 1.54. The van der Waals surface area contributed by atoms with Gasteiger partial charge < -0.3 is 89.9 Å². The maximum absolute atomic E-state index is 12.8. The second kappa shape index (κ2) is 31.3. The van der Waals surface area contributed by atoms with E-state index in [0.717, 1.165) is 32.1 Å². The fraction of sp³-hybridized carbons (Fsp3) is 0.889. The molecule has 0 bridgehead atoms. The highest BCUT2D eigenvalue weighted by Crippen LogP contribution is 2.33. The van der Waals surface area contributed by atoms with Gasteiger partial charge in [0.1, 0.15) is 73.2 Å². The molecule has 3 aliphatic heterocycles. The van der Waals surface area contributed by atoms with Gasteiger partial charge >= 0.3 is 0 Å². The number of aliphatic hydroxyl groups is 11. The van der Waals surface area contributed by atoms with E-state index in [0.29, 0.717) is 12.8 Å². The smallest absolute Gasteiger partial charge is 0.220 e. The van der Waals surface area contributed by atoms with Gasteiger partial charge in [-0.3, -0.25) is 4.79 Å². The van der Waals surface area contributed by atoms with Crippen LogP contribution in [0.3, 0.4) is 0 Å². The molecule has 12 N–H and O–H groups in total. The zero-order valence-corrected chi connectivity index (χ0v) is 37.8. The molecule has 3 aliphatic rings. The molecule has 3 fully saturated rings. The first kappa shape index (κ1) is 56.6. The number of allylic oxidation sites excluding steroid dienone is 3. The van der Waals surface area contributed by atoms with Crippen LogP contribution in [0.4, 0.5) is 0 Å². The van der Waals surface area contributed by atoms with E-state index in [-0.39, 0.29) is 18.9 Å². The van der Waals surface area contributed by atoms with Gasteiger partial charge in [-0.2, -0.15) is 0 Å². The van der Waals surface area contributed by atoms with Gasteiger partial charge in [0.15, 0.2) is 18.9 Å². The summed E-state index contributed by atoms with van der Waals surface area (Å²) < 4.78 is 33.8. The lowest BCUT2D eigenvalue weighted by molar-refractivity contribution is -0.379. The van der Waals surface area contributed by atoms with Gasteiger partial charge in [-0.05, 0) is 32.1 Å². The van der Waals surface area contributed by atoms with E-state index in [1.165, 1.54) is 57.8 Å². The van der Waals surface area contributed by atoms with E-state index in [9.17, 15) is 61.0 Å². The molecule has 1 amide bonds. The molecule has 3 rings (SSSR count). The van der Waals surface area contributed by atoms with Crippen LogP contribution in [0.2, 0.25) is 0 Å². The number of amides is 1. The first-order valence-corrected chi connectivity index (χ1v) is 23.6. The van der Waals surface area contributed by atoms with Crippen LogP contribution < -0.4 is 5.32 Å². The van der Waals surface area contributed by atoms with Crippen LogP contribution in [0.25, 0.3) is 0 Å². The Morgan fingerprint density at radius 1 is 0.547 bits per heavy atom. The molecular formula is C45H81NO18. The number of hydrogen-bond acceptors (Lipinski definition) is 18. The summed E-state index contributed by atoms with van der Waals surface area (Å²) in [5, 5.41) is 119. The summed E-state index contributed by atoms with van der Waals surface area (Å²) >= 11 is 0. The van der Waals surface area contributed by atoms with Gasteiger partial charge in [-0.1, -0.05) is 109 Å². The molecule has 17 atom stereocenters. The monoisotopic (exact) mass is 924 g/mol. The Bertz CT molecular complexity index is 1290. The average Bonchev–Trinajstić information content (AvgIpc) is 3.29. The summed E-state index contributed by atoms with van der Waals surface area (Å²) in [6.07, 6.45) is -1.18. The van der Waals surface area contributed by atoms with Crippen LogP contribution in [0.5, 0.6) is 0 Å². The molecule has 0 aromatic heterocycles. The standard InChI is InChI=1S/C45H81NO18/c1-3-5-7-8-9-10-11-12-13-14-15-16-17-18-19-21-22-29(50)28(46-33(51)23-20-6-4-2)27-59-43-39(57)36(54)41(31(25-48)61-43)64-45-40(58)37(55)42(32(26-49)62-45)63-44-38(56)35(53)34(52)30(24-47)60-44/h16-17,21-22,28-32,34-45,47-50,52-58H,3-15,18-20,23-27H2,1-2H3,(H,46,51)/b17-16+,22-21+.